The molecule has 0 aliphatic carbocycles. The number of nitrogens with one attached hydrogen (secondary N) is 2. The summed E-state index contributed by atoms with van der Waals surface area (Å²) >= 11 is 12.6. The molecule has 3 saturated heterocycles. The molecule has 2 aromatic carbocycles. The van der Waals surface area contributed by atoms with E-state index in [1.165, 1.54) is 58.2 Å². The number of halogens is 2. The molecule has 3 aliphatic rings. The van der Waals surface area contributed by atoms with Gasteiger partial charge in [-0.3, -0.25) is 0 Å². The number of fused-ring (bicyclic) bond motifs is 1. The molecule has 0 atom stereocenters. The molecule has 0 bridgehead atoms. The second kappa shape index (κ2) is 13.7. The number of hydrogen-bond acceptors (Lipinski definition) is 6. The van der Waals surface area contributed by atoms with E-state index >= 15 is 0 Å². The summed E-state index contributed by atoms with van der Waals surface area (Å²) in [5, 5.41) is 8.68. The number of urea groups is 1. The molecule has 2 N–H and O–H groups in total. The van der Waals surface area contributed by atoms with Crippen LogP contribution in [-0.2, 0) is 6.54 Å². The Bertz CT molecular complexity index is 1380. The summed E-state index contributed by atoms with van der Waals surface area (Å²) in [5.41, 5.74) is 2.51. The molecule has 3 aromatic rings. The summed E-state index contributed by atoms with van der Waals surface area (Å²) in [6.45, 7) is 7.78. The number of piperidine rings is 2. The van der Waals surface area contributed by atoms with Gasteiger partial charge in [0.05, 0.1) is 5.52 Å². The number of nitrogens with zero attached hydrogens (tertiary/aromatic N) is 5. The van der Waals surface area contributed by atoms with Crippen molar-refractivity contribution < 1.29 is 4.79 Å². The Morgan fingerprint density at radius 1 is 0.881 bits per heavy atom. The molecule has 8 nitrogen and oxygen atoms in total. The highest BCUT2D eigenvalue weighted by atomic mass is 35.5. The molecule has 10 heteroatoms. The number of aromatic nitrogens is 2. The van der Waals surface area contributed by atoms with Crippen LogP contribution < -0.4 is 15.5 Å². The van der Waals surface area contributed by atoms with Gasteiger partial charge in [0, 0.05) is 53.8 Å². The zero-order valence-electron chi connectivity index (χ0n) is 24.3. The van der Waals surface area contributed by atoms with E-state index in [1.807, 2.05) is 35.2 Å². The van der Waals surface area contributed by atoms with Crippen LogP contribution in [0, 0.1) is 5.92 Å². The van der Waals surface area contributed by atoms with Crippen LogP contribution in [0.2, 0.25) is 10.0 Å². The molecule has 3 fully saturated rings. The maximum atomic E-state index is 12.9. The predicted octanol–water partition coefficient (Wildman–Crippen LogP) is 7.27. The first kappa shape index (κ1) is 29.3. The second-order valence-electron chi connectivity index (χ2n) is 11.9. The quantitative estimate of drug-likeness (QED) is 0.280. The van der Waals surface area contributed by atoms with Gasteiger partial charge in [-0.15, -0.1) is 0 Å². The van der Waals surface area contributed by atoms with Gasteiger partial charge in [-0.1, -0.05) is 29.3 Å². The van der Waals surface area contributed by atoms with Gasteiger partial charge in [0.25, 0.3) is 0 Å². The molecule has 42 heavy (non-hydrogen) atoms. The van der Waals surface area contributed by atoms with E-state index in [-0.39, 0.29) is 6.03 Å². The van der Waals surface area contributed by atoms with E-state index in [9.17, 15) is 4.79 Å². The minimum absolute atomic E-state index is 0.0540. The Morgan fingerprint density at radius 2 is 1.64 bits per heavy atom. The Labute approximate surface area is 258 Å². The van der Waals surface area contributed by atoms with E-state index in [0.717, 1.165) is 78.9 Å². The lowest BCUT2D eigenvalue weighted by molar-refractivity contribution is 0.200. The van der Waals surface area contributed by atoms with E-state index in [4.69, 9.17) is 33.2 Å². The van der Waals surface area contributed by atoms with Gasteiger partial charge in [-0.2, -0.15) is 4.98 Å². The standard InChI is InChI=1S/C32H41Cl2N7O/c33-25-7-6-24(28(34)20-25)22-35-30-27-21-26(36-32(42)41-15-2-1-3-16-41)8-9-29(27)37-31(38-30)40-18-11-23(12-19-40)10-17-39-13-4-5-14-39/h6-9,20-21,23H,1-5,10-19,22H2,(H,36,42)(H,35,37,38). The summed E-state index contributed by atoms with van der Waals surface area (Å²) in [6.07, 6.45) is 9.61. The topological polar surface area (TPSA) is 76.6 Å². The van der Waals surface area contributed by atoms with Gasteiger partial charge in [-0.25, -0.2) is 9.78 Å². The van der Waals surface area contributed by atoms with Crippen LogP contribution in [0.15, 0.2) is 36.4 Å². The van der Waals surface area contributed by atoms with Crippen molar-refractivity contribution in [1.29, 1.82) is 0 Å². The Hall–Kier alpha value is -2.81. The fraction of sp³-hybridized carbons (Fsp3) is 0.531. The zero-order chi connectivity index (χ0) is 28.9. The summed E-state index contributed by atoms with van der Waals surface area (Å²) in [5.74, 6) is 2.24. The maximum absolute atomic E-state index is 12.9. The molecule has 224 valence electrons. The minimum atomic E-state index is -0.0540. The van der Waals surface area contributed by atoms with Crippen LogP contribution in [0.4, 0.5) is 22.2 Å². The number of hydrogen-bond donors (Lipinski definition) is 2. The summed E-state index contributed by atoms with van der Waals surface area (Å²) < 4.78 is 0. The molecule has 0 radical (unpaired) electrons. The van der Waals surface area contributed by atoms with E-state index < -0.39 is 0 Å². The summed E-state index contributed by atoms with van der Waals surface area (Å²) in [6, 6.07) is 11.4. The van der Waals surface area contributed by atoms with Crippen molar-refractivity contribution in [3.8, 4) is 0 Å². The highest BCUT2D eigenvalue weighted by Crippen LogP contribution is 2.31. The molecule has 0 unspecified atom stereocenters. The minimum Gasteiger partial charge on any atom is -0.365 e. The fourth-order valence-corrected chi connectivity index (χ4v) is 6.88. The summed E-state index contributed by atoms with van der Waals surface area (Å²) in [4.78, 5) is 29.8. The third kappa shape index (κ3) is 7.21. The van der Waals surface area contributed by atoms with Gasteiger partial charge in [0.15, 0.2) is 0 Å². The highest BCUT2D eigenvalue weighted by Gasteiger charge is 2.24. The maximum Gasteiger partial charge on any atom is 0.321 e. The average molecular weight is 611 g/mol. The van der Waals surface area contributed by atoms with E-state index in [0.29, 0.717) is 16.6 Å². The number of amides is 2. The summed E-state index contributed by atoms with van der Waals surface area (Å²) in [7, 11) is 0. The Kier molecular flexibility index (Phi) is 9.52. The van der Waals surface area contributed by atoms with Gasteiger partial charge < -0.3 is 25.3 Å². The number of anilines is 3. The third-order valence-electron chi connectivity index (χ3n) is 8.99. The van der Waals surface area contributed by atoms with Crippen LogP contribution in [0.5, 0.6) is 0 Å². The lowest BCUT2D eigenvalue weighted by Gasteiger charge is -2.33. The van der Waals surface area contributed by atoms with Crippen LogP contribution in [0.3, 0.4) is 0 Å². The molecule has 6 rings (SSSR count). The van der Waals surface area contributed by atoms with Gasteiger partial charge in [0.1, 0.15) is 5.82 Å². The molecular weight excluding hydrogens is 569 g/mol. The Balaban J connectivity index is 1.20. The largest absolute Gasteiger partial charge is 0.365 e. The van der Waals surface area contributed by atoms with Crippen molar-refractivity contribution in [2.45, 2.75) is 57.9 Å². The van der Waals surface area contributed by atoms with Crippen molar-refractivity contribution in [2.75, 3.05) is 61.3 Å². The monoisotopic (exact) mass is 609 g/mol. The van der Waals surface area contributed by atoms with Crippen molar-refractivity contribution in [1.82, 2.24) is 19.8 Å². The lowest BCUT2D eigenvalue weighted by atomic mass is 9.93. The molecule has 2 amide bonds. The number of carbonyl (C=O) groups is 1. The first-order chi connectivity index (χ1) is 20.5. The van der Waals surface area contributed by atoms with E-state index in [1.54, 1.807) is 6.07 Å². The second-order valence-corrected chi connectivity index (χ2v) is 12.8. The smallest absolute Gasteiger partial charge is 0.321 e. The number of likely N-dealkylation sites (tertiary alicyclic amines) is 2. The SMILES string of the molecule is O=C(Nc1ccc2nc(N3CCC(CCN4CCCC4)CC3)nc(NCc3ccc(Cl)cc3Cl)c2c1)N1CCCCC1. The molecule has 1 aromatic heterocycles. The molecule has 3 aliphatic heterocycles. The van der Waals surface area contributed by atoms with Crippen molar-refractivity contribution in [3.05, 3.63) is 52.0 Å². The lowest BCUT2D eigenvalue weighted by Crippen LogP contribution is -2.38. The van der Waals surface area contributed by atoms with Gasteiger partial charge in [0.2, 0.25) is 5.95 Å². The number of rotatable bonds is 8. The Morgan fingerprint density at radius 3 is 2.40 bits per heavy atom. The first-order valence-corrected chi connectivity index (χ1v) is 16.3. The van der Waals surface area contributed by atoms with Gasteiger partial charge >= 0.3 is 6.03 Å². The van der Waals surface area contributed by atoms with Gasteiger partial charge in [-0.05, 0) is 113 Å². The normalized spacial score (nSPS) is 18.5. The fourth-order valence-electron chi connectivity index (χ4n) is 6.41. The zero-order valence-corrected chi connectivity index (χ0v) is 25.8. The van der Waals surface area contributed by atoms with Crippen molar-refractivity contribution in [3.63, 3.8) is 0 Å². The molecule has 0 spiro atoms. The number of carbonyl (C=O) groups excluding carboxylic acids is 1. The molecular formula is C32H41Cl2N7O. The van der Waals surface area contributed by atoms with Crippen LogP contribution in [0.1, 0.15) is 56.9 Å². The van der Waals surface area contributed by atoms with Crippen LogP contribution >= 0.6 is 23.2 Å². The third-order valence-corrected chi connectivity index (χ3v) is 9.58. The first-order valence-electron chi connectivity index (χ1n) is 15.5. The molecule has 0 saturated carbocycles. The molecule has 4 heterocycles. The van der Waals surface area contributed by atoms with Crippen LogP contribution in [-0.4, -0.2) is 71.6 Å². The number of benzene rings is 2. The average Bonchev–Trinajstić information content (AvgIpc) is 3.54. The van der Waals surface area contributed by atoms with E-state index in [2.05, 4.69) is 20.4 Å². The van der Waals surface area contributed by atoms with Crippen LogP contribution in [0.25, 0.3) is 10.9 Å². The predicted molar refractivity (Wildman–Crippen MR) is 173 cm³/mol. The van der Waals surface area contributed by atoms with Crippen molar-refractivity contribution in [2.24, 2.45) is 5.92 Å². The van der Waals surface area contributed by atoms with Crippen molar-refractivity contribution >= 4 is 57.6 Å². The highest BCUT2D eigenvalue weighted by molar-refractivity contribution is 6.35.